The highest BCUT2D eigenvalue weighted by atomic mass is 35.5. The van der Waals surface area contributed by atoms with Gasteiger partial charge in [0.15, 0.2) is 0 Å². The minimum Gasteiger partial charge on any atom is -0.444 e. The topological polar surface area (TPSA) is 55.4 Å². The minimum atomic E-state index is -4.55. The van der Waals surface area contributed by atoms with Crippen molar-refractivity contribution in [2.24, 2.45) is 0 Å². The predicted molar refractivity (Wildman–Crippen MR) is 106 cm³/mol. The molecular formula is C22H15ClF3NO3. The second kappa shape index (κ2) is 9.00. The third-order valence-corrected chi connectivity index (χ3v) is 4.35. The van der Waals surface area contributed by atoms with Crippen LogP contribution in [0.2, 0.25) is 5.02 Å². The molecule has 0 aliphatic carbocycles. The van der Waals surface area contributed by atoms with Crippen LogP contribution in [0, 0.1) is 0 Å². The van der Waals surface area contributed by atoms with E-state index >= 15 is 0 Å². The van der Waals surface area contributed by atoms with E-state index in [1.54, 1.807) is 30.3 Å². The quantitative estimate of drug-likeness (QED) is 0.510. The van der Waals surface area contributed by atoms with Crippen LogP contribution in [0.1, 0.15) is 27.6 Å². The summed E-state index contributed by atoms with van der Waals surface area (Å²) in [5.41, 5.74) is -0.440. The van der Waals surface area contributed by atoms with Crippen molar-refractivity contribution in [3.8, 4) is 0 Å². The molecule has 3 aromatic carbocycles. The van der Waals surface area contributed by atoms with Crippen LogP contribution < -0.4 is 5.32 Å². The van der Waals surface area contributed by atoms with Gasteiger partial charge < -0.3 is 10.1 Å². The lowest BCUT2D eigenvalue weighted by atomic mass is 10.1. The SMILES string of the molecule is O=C(OC(C(=O)Nc1cccc(C(F)(F)F)c1)c1ccccc1)c1ccc(Cl)cc1. The van der Waals surface area contributed by atoms with Gasteiger partial charge in [0.25, 0.3) is 5.91 Å². The summed E-state index contributed by atoms with van der Waals surface area (Å²) in [7, 11) is 0. The molecule has 0 aromatic heterocycles. The second-order valence-electron chi connectivity index (χ2n) is 6.27. The smallest absolute Gasteiger partial charge is 0.416 e. The third kappa shape index (κ3) is 5.39. The van der Waals surface area contributed by atoms with E-state index in [2.05, 4.69) is 5.32 Å². The molecule has 30 heavy (non-hydrogen) atoms. The molecule has 0 saturated carbocycles. The Kier molecular flexibility index (Phi) is 6.42. The number of halogens is 4. The Balaban J connectivity index is 1.85. The molecule has 8 heteroatoms. The summed E-state index contributed by atoms with van der Waals surface area (Å²) in [4.78, 5) is 25.3. The van der Waals surface area contributed by atoms with E-state index in [1.165, 1.54) is 36.4 Å². The molecule has 0 radical (unpaired) electrons. The van der Waals surface area contributed by atoms with Gasteiger partial charge in [-0.15, -0.1) is 0 Å². The number of amides is 1. The van der Waals surface area contributed by atoms with E-state index in [1.807, 2.05) is 0 Å². The molecule has 0 aliphatic heterocycles. The Morgan fingerprint density at radius 3 is 2.20 bits per heavy atom. The van der Waals surface area contributed by atoms with Crippen molar-refractivity contribution < 1.29 is 27.5 Å². The molecule has 1 amide bonds. The Bertz CT molecular complexity index is 1040. The number of alkyl halides is 3. The first-order chi connectivity index (χ1) is 14.2. The summed E-state index contributed by atoms with van der Waals surface area (Å²) in [6.45, 7) is 0. The first-order valence-electron chi connectivity index (χ1n) is 8.73. The summed E-state index contributed by atoms with van der Waals surface area (Å²) in [6.07, 6.45) is -5.93. The normalized spacial score (nSPS) is 12.1. The lowest BCUT2D eigenvalue weighted by Gasteiger charge is -2.18. The van der Waals surface area contributed by atoms with Crippen LogP contribution in [0.25, 0.3) is 0 Å². The maximum atomic E-state index is 12.9. The van der Waals surface area contributed by atoms with E-state index in [0.29, 0.717) is 10.6 Å². The van der Waals surface area contributed by atoms with Gasteiger partial charge in [-0.25, -0.2) is 4.79 Å². The number of rotatable bonds is 5. The standard InChI is InChI=1S/C22H15ClF3NO3/c23-17-11-9-15(10-12-17)21(29)30-19(14-5-2-1-3-6-14)20(28)27-18-8-4-7-16(13-18)22(24,25)26/h1-13,19H,(H,27,28). The first kappa shape index (κ1) is 21.4. The van der Waals surface area contributed by atoms with E-state index < -0.39 is 29.7 Å². The van der Waals surface area contributed by atoms with Gasteiger partial charge in [-0.2, -0.15) is 13.2 Å². The van der Waals surface area contributed by atoms with Gasteiger partial charge in [0.05, 0.1) is 11.1 Å². The highest BCUT2D eigenvalue weighted by Crippen LogP contribution is 2.31. The van der Waals surface area contributed by atoms with Crippen molar-refractivity contribution >= 4 is 29.2 Å². The fourth-order valence-electron chi connectivity index (χ4n) is 2.64. The molecule has 3 rings (SSSR count). The van der Waals surface area contributed by atoms with E-state index in [9.17, 15) is 22.8 Å². The van der Waals surface area contributed by atoms with Crippen LogP contribution >= 0.6 is 11.6 Å². The number of ether oxygens (including phenoxy) is 1. The fourth-order valence-corrected chi connectivity index (χ4v) is 2.77. The van der Waals surface area contributed by atoms with Gasteiger partial charge in [0.1, 0.15) is 0 Å². The number of carbonyl (C=O) groups is 2. The summed E-state index contributed by atoms with van der Waals surface area (Å²) in [5.74, 6) is -1.57. The van der Waals surface area contributed by atoms with Crippen LogP contribution in [0.15, 0.2) is 78.9 Å². The average molecular weight is 434 g/mol. The maximum Gasteiger partial charge on any atom is 0.416 e. The third-order valence-electron chi connectivity index (χ3n) is 4.10. The average Bonchev–Trinajstić information content (AvgIpc) is 2.72. The Morgan fingerprint density at radius 1 is 0.900 bits per heavy atom. The van der Waals surface area contributed by atoms with Gasteiger partial charge in [-0.1, -0.05) is 48.0 Å². The number of hydrogen-bond acceptors (Lipinski definition) is 3. The molecule has 0 bridgehead atoms. The Hall–Kier alpha value is -3.32. The number of esters is 1. The molecule has 0 fully saturated rings. The number of anilines is 1. The van der Waals surface area contributed by atoms with Gasteiger partial charge >= 0.3 is 12.1 Å². The van der Waals surface area contributed by atoms with Crippen molar-refractivity contribution in [3.05, 3.63) is 101 Å². The molecule has 0 heterocycles. The first-order valence-corrected chi connectivity index (χ1v) is 9.11. The molecule has 0 saturated heterocycles. The summed E-state index contributed by atoms with van der Waals surface area (Å²) in [5, 5.41) is 2.81. The van der Waals surface area contributed by atoms with E-state index in [0.717, 1.165) is 12.1 Å². The molecule has 4 nitrogen and oxygen atoms in total. The molecule has 1 N–H and O–H groups in total. The summed E-state index contributed by atoms with van der Waals surface area (Å²) in [6, 6.07) is 18.2. The number of carbonyl (C=O) groups excluding carboxylic acids is 2. The molecule has 1 atom stereocenters. The summed E-state index contributed by atoms with van der Waals surface area (Å²) >= 11 is 5.81. The molecule has 0 aliphatic rings. The number of nitrogens with one attached hydrogen (secondary N) is 1. The molecule has 1 unspecified atom stereocenters. The zero-order chi connectivity index (χ0) is 21.7. The zero-order valence-electron chi connectivity index (χ0n) is 15.3. The van der Waals surface area contributed by atoms with Crippen molar-refractivity contribution in [3.63, 3.8) is 0 Å². The van der Waals surface area contributed by atoms with E-state index in [-0.39, 0.29) is 11.3 Å². The maximum absolute atomic E-state index is 12.9. The minimum absolute atomic E-state index is 0.0710. The predicted octanol–water partition coefficient (Wildman–Crippen LogP) is 5.90. The van der Waals surface area contributed by atoms with Crippen LogP contribution in [-0.4, -0.2) is 11.9 Å². The largest absolute Gasteiger partial charge is 0.444 e. The Labute approximate surface area is 175 Å². The van der Waals surface area contributed by atoms with Gasteiger partial charge in [0.2, 0.25) is 6.10 Å². The molecular weight excluding hydrogens is 419 g/mol. The number of benzene rings is 3. The highest BCUT2D eigenvalue weighted by Gasteiger charge is 2.31. The van der Waals surface area contributed by atoms with Gasteiger partial charge in [-0.3, -0.25) is 4.79 Å². The van der Waals surface area contributed by atoms with Crippen LogP contribution in [0.5, 0.6) is 0 Å². The van der Waals surface area contributed by atoms with Crippen molar-refractivity contribution in [2.45, 2.75) is 12.3 Å². The van der Waals surface area contributed by atoms with Crippen LogP contribution in [0.4, 0.5) is 18.9 Å². The second-order valence-corrected chi connectivity index (χ2v) is 6.71. The van der Waals surface area contributed by atoms with E-state index in [4.69, 9.17) is 16.3 Å². The zero-order valence-corrected chi connectivity index (χ0v) is 16.1. The van der Waals surface area contributed by atoms with Crippen LogP contribution in [-0.2, 0) is 15.7 Å². The Morgan fingerprint density at radius 2 is 1.57 bits per heavy atom. The van der Waals surface area contributed by atoms with Gasteiger partial charge in [-0.05, 0) is 42.5 Å². The van der Waals surface area contributed by atoms with Crippen molar-refractivity contribution in [1.82, 2.24) is 0 Å². The lowest BCUT2D eigenvalue weighted by molar-refractivity contribution is -0.137. The van der Waals surface area contributed by atoms with Crippen LogP contribution in [0.3, 0.4) is 0 Å². The fraction of sp³-hybridized carbons (Fsp3) is 0.0909. The lowest BCUT2D eigenvalue weighted by Crippen LogP contribution is -2.26. The molecule has 154 valence electrons. The van der Waals surface area contributed by atoms with Crippen molar-refractivity contribution in [1.29, 1.82) is 0 Å². The highest BCUT2D eigenvalue weighted by molar-refractivity contribution is 6.30. The number of hydrogen-bond donors (Lipinski definition) is 1. The molecule has 0 spiro atoms. The molecule has 3 aromatic rings. The summed E-state index contributed by atoms with van der Waals surface area (Å²) < 4.78 is 44.2. The van der Waals surface area contributed by atoms with Gasteiger partial charge in [0, 0.05) is 16.3 Å². The van der Waals surface area contributed by atoms with Crippen molar-refractivity contribution in [2.75, 3.05) is 5.32 Å². The monoisotopic (exact) mass is 433 g/mol.